The lowest BCUT2D eigenvalue weighted by Gasteiger charge is -2.27. The Bertz CT molecular complexity index is 605. The Labute approximate surface area is 160 Å². The molecule has 1 unspecified atom stereocenters. The summed E-state index contributed by atoms with van der Waals surface area (Å²) in [6.07, 6.45) is 1.90. The first-order valence-electron chi connectivity index (χ1n) is 7.79. The van der Waals surface area contributed by atoms with Crippen molar-refractivity contribution in [1.82, 2.24) is 9.62 Å². The number of carbonyl (C=O) groups excluding carboxylic acids is 2. The zero-order chi connectivity index (χ0) is 18.3. The van der Waals surface area contributed by atoms with E-state index in [2.05, 4.69) is 30.8 Å². The van der Waals surface area contributed by atoms with Crippen molar-refractivity contribution < 1.29 is 9.59 Å². The lowest BCUT2D eigenvalue weighted by Crippen LogP contribution is -2.53. The molecule has 1 atom stereocenters. The van der Waals surface area contributed by atoms with Gasteiger partial charge in [-0.1, -0.05) is 50.3 Å². The molecule has 0 aliphatic carbocycles. The molecular formula is C17H24IN3O2S. The molecule has 1 aliphatic rings. The summed E-state index contributed by atoms with van der Waals surface area (Å²) in [5, 5.41) is 2.72. The highest BCUT2D eigenvalue weighted by Gasteiger charge is 2.36. The van der Waals surface area contributed by atoms with E-state index in [9.17, 15) is 9.59 Å². The van der Waals surface area contributed by atoms with E-state index in [0.717, 1.165) is 5.56 Å². The number of halogens is 1. The zero-order valence-electron chi connectivity index (χ0n) is 14.4. The van der Waals surface area contributed by atoms with Crippen molar-refractivity contribution in [3.05, 3.63) is 47.5 Å². The monoisotopic (exact) mass is 461 g/mol. The van der Waals surface area contributed by atoms with Gasteiger partial charge in [-0.25, -0.2) is 4.31 Å². The normalized spacial score (nSPS) is 17.5. The fraction of sp³-hybridized carbons (Fsp3) is 0.412. The van der Waals surface area contributed by atoms with Gasteiger partial charge >= 0.3 is 0 Å². The number of primary amides is 1. The average Bonchev–Trinajstić information content (AvgIpc) is 3.01. The minimum Gasteiger partial charge on any atom is -0.368 e. The minimum atomic E-state index is -1.08. The topological polar surface area (TPSA) is 75.4 Å². The smallest absolute Gasteiger partial charge is 0.249 e. The van der Waals surface area contributed by atoms with Gasteiger partial charge in [-0.2, -0.15) is 0 Å². The number of rotatable bonds is 5. The van der Waals surface area contributed by atoms with Crippen LogP contribution in [0.2, 0.25) is 0 Å². The molecule has 3 N–H and O–H groups in total. The Morgan fingerprint density at radius 3 is 2.38 bits per heavy atom. The van der Waals surface area contributed by atoms with E-state index in [4.69, 9.17) is 5.73 Å². The van der Waals surface area contributed by atoms with Crippen LogP contribution in [-0.2, 0) is 9.59 Å². The molecule has 0 aromatic heterocycles. The molecule has 2 amide bonds. The number of nitrogens with one attached hydrogen (secondary N) is 1. The van der Waals surface area contributed by atoms with E-state index >= 15 is 0 Å². The summed E-state index contributed by atoms with van der Waals surface area (Å²) in [7, 11) is 1.56. The van der Waals surface area contributed by atoms with Gasteiger partial charge in [0.15, 0.2) is 0 Å². The number of carbonyl (C=O) groups is 2. The summed E-state index contributed by atoms with van der Waals surface area (Å²) in [4.78, 5) is 24.0. The van der Waals surface area contributed by atoms with Crippen LogP contribution in [0.15, 0.2) is 42.0 Å². The highest BCUT2D eigenvalue weighted by molar-refractivity contribution is 14.2. The Balaban J connectivity index is 0.00000139. The van der Waals surface area contributed by atoms with Crippen molar-refractivity contribution in [2.45, 2.75) is 39.3 Å². The average molecular weight is 461 g/mol. The quantitative estimate of drug-likeness (QED) is 0.521. The summed E-state index contributed by atoms with van der Waals surface area (Å²) >= 11 is 2.21. The molecule has 1 aliphatic heterocycles. The molecular weight excluding hydrogens is 437 g/mol. The van der Waals surface area contributed by atoms with Crippen molar-refractivity contribution in [2.75, 3.05) is 6.54 Å². The van der Waals surface area contributed by atoms with Crippen LogP contribution in [0.3, 0.4) is 0 Å². The predicted molar refractivity (Wildman–Crippen MR) is 108 cm³/mol. The number of hydrogen-bond acceptors (Lipinski definition) is 4. The number of hydrogen-bond donors (Lipinski definition) is 2. The van der Waals surface area contributed by atoms with Gasteiger partial charge in [-0.05, 0) is 28.5 Å². The Kier molecular flexibility index (Phi) is 8.24. The van der Waals surface area contributed by atoms with Crippen LogP contribution in [0.4, 0.5) is 0 Å². The fourth-order valence-corrected chi connectivity index (χ4v) is 3.85. The highest BCUT2D eigenvalue weighted by atomic mass is 127. The van der Waals surface area contributed by atoms with Crippen LogP contribution in [0.25, 0.3) is 0 Å². The molecule has 1 aromatic carbocycles. The van der Waals surface area contributed by atoms with Crippen molar-refractivity contribution in [1.29, 1.82) is 0 Å². The molecule has 2 rings (SSSR count). The molecule has 0 radical (unpaired) electrons. The van der Waals surface area contributed by atoms with Crippen LogP contribution in [0, 0.1) is 0 Å². The first-order chi connectivity index (χ1) is 11.4. The van der Waals surface area contributed by atoms with Gasteiger partial charge in [-0.15, -0.1) is 0 Å². The van der Waals surface area contributed by atoms with Crippen LogP contribution < -0.4 is 11.1 Å². The number of benzene rings is 1. The standard InChI is InChI=1S/C15H18IN3O2S.C2H6/c1-15(2,14(17)21)18-13(20)11-8-9-19(22-16)12(11)10-6-4-3-5-7-10;1-2/h3-8,12H,9H2,1-2H3,(H2,17,21)(H,18,20);1-2H3. The summed E-state index contributed by atoms with van der Waals surface area (Å²) in [5.41, 5.74) is 5.94. The van der Waals surface area contributed by atoms with Crippen LogP contribution >= 0.6 is 30.3 Å². The molecule has 0 bridgehead atoms. The van der Waals surface area contributed by atoms with Gasteiger partial charge in [0.2, 0.25) is 11.8 Å². The molecule has 1 aromatic rings. The molecule has 24 heavy (non-hydrogen) atoms. The van der Waals surface area contributed by atoms with Crippen LogP contribution in [0.5, 0.6) is 0 Å². The van der Waals surface area contributed by atoms with E-state index in [1.807, 2.05) is 50.3 Å². The zero-order valence-corrected chi connectivity index (χ0v) is 17.3. The first-order valence-corrected chi connectivity index (χ1v) is 11.1. The Morgan fingerprint density at radius 2 is 1.88 bits per heavy atom. The minimum absolute atomic E-state index is 0.133. The third kappa shape index (κ3) is 4.97. The summed E-state index contributed by atoms with van der Waals surface area (Å²) in [5.74, 6) is -0.818. The lowest BCUT2D eigenvalue weighted by atomic mass is 9.98. The molecule has 0 fully saturated rings. The molecule has 0 spiro atoms. The van der Waals surface area contributed by atoms with Gasteiger partial charge in [-0.3, -0.25) is 9.59 Å². The number of nitrogens with two attached hydrogens (primary N) is 1. The maximum atomic E-state index is 12.6. The van der Waals surface area contributed by atoms with Gasteiger partial charge in [0, 0.05) is 33.3 Å². The number of nitrogens with zero attached hydrogens (tertiary/aromatic N) is 1. The van der Waals surface area contributed by atoms with Crippen molar-refractivity contribution in [3.8, 4) is 0 Å². The van der Waals surface area contributed by atoms with Crippen molar-refractivity contribution in [2.24, 2.45) is 5.73 Å². The molecule has 132 valence electrons. The van der Waals surface area contributed by atoms with Gasteiger partial charge in [0.1, 0.15) is 5.54 Å². The van der Waals surface area contributed by atoms with E-state index < -0.39 is 11.4 Å². The summed E-state index contributed by atoms with van der Waals surface area (Å²) in [6, 6.07) is 9.71. The largest absolute Gasteiger partial charge is 0.368 e. The van der Waals surface area contributed by atoms with Crippen LogP contribution in [-0.4, -0.2) is 28.2 Å². The predicted octanol–water partition coefficient (Wildman–Crippen LogP) is 3.37. The molecule has 5 nitrogen and oxygen atoms in total. The third-order valence-corrected chi connectivity index (χ3v) is 5.64. The van der Waals surface area contributed by atoms with Crippen LogP contribution in [0.1, 0.15) is 39.3 Å². The second-order valence-corrected chi connectivity index (χ2v) is 7.37. The fourth-order valence-electron chi connectivity index (χ4n) is 2.24. The molecule has 0 saturated carbocycles. The van der Waals surface area contributed by atoms with E-state index in [0.29, 0.717) is 12.1 Å². The van der Waals surface area contributed by atoms with Gasteiger partial charge in [0.05, 0.1) is 6.04 Å². The van der Waals surface area contributed by atoms with Gasteiger partial charge < -0.3 is 11.1 Å². The maximum absolute atomic E-state index is 12.6. The van der Waals surface area contributed by atoms with E-state index in [1.165, 1.54) is 0 Å². The highest BCUT2D eigenvalue weighted by Crippen LogP contribution is 2.40. The van der Waals surface area contributed by atoms with E-state index in [-0.39, 0.29) is 11.9 Å². The second-order valence-electron chi connectivity index (χ2n) is 5.58. The van der Waals surface area contributed by atoms with Crippen molar-refractivity contribution in [3.63, 3.8) is 0 Å². The van der Waals surface area contributed by atoms with Gasteiger partial charge in [0.25, 0.3) is 0 Å². The first kappa shape index (κ1) is 21.0. The summed E-state index contributed by atoms with van der Waals surface area (Å²) < 4.78 is 2.11. The number of amides is 2. The van der Waals surface area contributed by atoms with Crippen molar-refractivity contribution >= 4 is 42.1 Å². The van der Waals surface area contributed by atoms with E-state index in [1.54, 1.807) is 23.0 Å². The Hall–Kier alpha value is -1.06. The molecule has 1 heterocycles. The second kappa shape index (κ2) is 9.43. The lowest BCUT2D eigenvalue weighted by molar-refractivity contribution is -0.128. The third-order valence-electron chi connectivity index (χ3n) is 3.58. The molecule has 0 saturated heterocycles. The summed E-state index contributed by atoms with van der Waals surface area (Å²) in [6.45, 7) is 7.88. The maximum Gasteiger partial charge on any atom is 0.249 e. The molecule has 7 heteroatoms. The Morgan fingerprint density at radius 1 is 1.29 bits per heavy atom. The SMILES string of the molecule is CC.CC(C)(NC(=O)C1=CCN(SI)C1c1ccccc1)C(N)=O.